The molecule has 2 atom stereocenters. The van der Waals surface area contributed by atoms with Gasteiger partial charge in [0, 0.05) is 19.2 Å². The van der Waals surface area contributed by atoms with E-state index in [1.807, 2.05) is 0 Å². The number of hydrogen-bond acceptors (Lipinski definition) is 4. The highest BCUT2D eigenvalue weighted by molar-refractivity contribution is 4.80. The van der Waals surface area contributed by atoms with Crippen molar-refractivity contribution in [2.75, 3.05) is 39.9 Å². The molecule has 2 aliphatic rings. The van der Waals surface area contributed by atoms with E-state index in [-0.39, 0.29) is 0 Å². The Morgan fingerprint density at radius 3 is 2.71 bits per heavy atom. The minimum Gasteiger partial charge on any atom is -0.377 e. The molecule has 0 bridgehead atoms. The van der Waals surface area contributed by atoms with Crippen molar-refractivity contribution in [3.63, 3.8) is 0 Å². The summed E-state index contributed by atoms with van der Waals surface area (Å²) in [6.45, 7) is 7.15. The maximum absolute atomic E-state index is 5.93. The summed E-state index contributed by atoms with van der Waals surface area (Å²) in [5.41, 5.74) is 0. The Morgan fingerprint density at radius 1 is 1.29 bits per heavy atom. The van der Waals surface area contributed by atoms with Crippen molar-refractivity contribution >= 4 is 0 Å². The van der Waals surface area contributed by atoms with Gasteiger partial charge >= 0.3 is 0 Å². The Labute approximate surface area is 105 Å². The first-order chi connectivity index (χ1) is 8.27. The largest absolute Gasteiger partial charge is 0.377 e. The van der Waals surface area contributed by atoms with Gasteiger partial charge in [0.05, 0.1) is 18.8 Å². The predicted octanol–water partition coefficient (Wildman–Crippen LogP) is 0.864. The lowest BCUT2D eigenvalue weighted by molar-refractivity contribution is 0.0118. The Bertz CT molecular complexity index is 219. The molecule has 0 aromatic rings. The van der Waals surface area contributed by atoms with Crippen LogP contribution in [0.25, 0.3) is 0 Å². The minimum absolute atomic E-state index is 0.374. The normalized spacial score (nSPS) is 31.2. The molecule has 2 fully saturated rings. The molecule has 0 aromatic carbocycles. The summed E-state index contributed by atoms with van der Waals surface area (Å²) < 4.78 is 11.5. The van der Waals surface area contributed by atoms with Crippen LogP contribution in [0.3, 0.4) is 0 Å². The number of nitrogens with zero attached hydrogens (tertiary/aromatic N) is 1. The SMILES string of the molecule is CC1OCCC1N(C)CCOC1CCNCC1. The third-order valence-corrected chi connectivity index (χ3v) is 3.99. The van der Waals surface area contributed by atoms with Gasteiger partial charge in [0.2, 0.25) is 0 Å². The zero-order valence-corrected chi connectivity index (χ0v) is 11.2. The van der Waals surface area contributed by atoms with Crippen LogP contribution in [0.1, 0.15) is 26.2 Å². The topological polar surface area (TPSA) is 33.7 Å². The second kappa shape index (κ2) is 6.69. The van der Waals surface area contributed by atoms with Crippen molar-refractivity contribution in [3.8, 4) is 0 Å². The maximum atomic E-state index is 5.93. The Hall–Kier alpha value is -0.160. The van der Waals surface area contributed by atoms with Gasteiger partial charge in [-0.1, -0.05) is 0 Å². The van der Waals surface area contributed by atoms with E-state index in [0.29, 0.717) is 18.2 Å². The van der Waals surface area contributed by atoms with Gasteiger partial charge in [0.15, 0.2) is 0 Å². The molecule has 0 radical (unpaired) electrons. The van der Waals surface area contributed by atoms with Crippen molar-refractivity contribution in [2.24, 2.45) is 0 Å². The van der Waals surface area contributed by atoms with E-state index in [1.54, 1.807) is 0 Å². The third kappa shape index (κ3) is 3.91. The van der Waals surface area contributed by atoms with E-state index < -0.39 is 0 Å². The van der Waals surface area contributed by atoms with Crippen LogP contribution in [0.15, 0.2) is 0 Å². The number of hydrogen-bond donors (Lipinski definition) is 1. The van der Waals surface area contributed by atoms with E-state index >= 15 is 0 Å². The second-order valence-electron chi connectivity index (χ2n) is 5.23. The molecule has 4 heteroatoms. The average Bonchev–Trinajstić information content (AvgIpc) is 2.77. The van der Waals surface area contributed by atoms with Gasteiger partial charge in [-0.3, -0.25) is 4.90 Å². The summed E-state index contributed by atoms with van der Waals surface area (Å²) >= 11 is 0. The molecule has 0 spiro atoms. The van der Waals surface area contributed by atoms with E-state index in [2.05, 4.69) is 24.2 Å². The predicted molar refractivity (Wildman–Crippen MR) is 68.3 cm³/mol. The minimum atomic E-state index is 0.374. The van der Waals surface area contributed by atoms with Crippen LogP contribution >= 0.6 is 0 Å². The first-order valence-electron chi connectivity index (χ1n) is 6.91. The van der Waals surface area contributed by atoms with Crippen molar-refractivity contribution in [2.45, 2.75) is 44.4 Å². The highest BCUT2D eigenvalue weighted by Gasteiger charge is 2.27. The molecule has 2 heterocycles. The van der Waals surface area contributed by atoms with E-state index in [1.165, 1.54) is 0 Å². The summed E-state index contributed by atoms with van der Waals surface area (Å²) in [5.74, 6) is 0. The summed E-state index contributed by atoms with van der Waals surface area (Å²) in [6.07, 6.45) is 4.32. The van der Waals surface area contributed by atoms with Gasteiger partial charge < -0.3 is 14.8 Å². The second-order valence-corrected chi connectivity index (χ2v) is 5.23. The van der Waals surface area contributed by atoms with Gasteiger partial charge in [-0.2, -0.15) is 0 Å². The Morgan fingerprint density at radius 2 is 2.06 bits per heavy atom. The van der Waals surface area contributed by atoms with Crippen LogP contribution in [-0.2, 0) is 9.47 Å². The lowest BCUT2D eigenvalue weighted by atomic mass is 10.1. The molecule has 2 aliphatic heterocycles. The zero-order valence-electron chi connectivity index (χ0n) is 11.2. The van der Waals surface area contributed by atoms with Crippen molar-refractivity contribution in [1.82, 2.24) is 10.2 Å². The summed E-state index contributed by atoms with van der Waals surface area (Å²) in [4.78, 5) is 2.39. The van der Waals surface area contributed by atoms with Crippen LogP contribution < -0.4 is 5.32 Å². The van der Waals surface area contributed by atoms with E-state index in [9.17, 15) is 0 Å². The lowest BCUT2D eigenvalue weighted by Gasteiger charge is -2.28. The third-order valence-electron chi connectivity index (χ3n) is 3.99. The highest BCUT2D eigenvalue weighted by Crippen LogP contribution is 2.18. The summed E-state index contributed by atoms with van der Waals surface area (Å²) in [5, 5.41) is 3.36. The molecule has 4 nitrogen and oxygen atoms in total. The molecule has 2 rings (SSSR count). The van der Waals surface area contributed by atoms with Gasteiger partial charge in [0.25, 0.3) is 0 Å². The summed E-state index contributed by atoms with van der Waals surface area (Å²) in [6, 6.07) is 0.576. The van der Waals surface area contributed by atoms with E-state index in [4.69, 9.17) is 9.47 Å². The molecule has 0 amide bonds. The van der Waals surface area contributed by atoms with Crippen molar-refractivity contribution in [1.29, 1.82) is 0 Å². The number of nitrogens with one attached hydrogen (secondary N) is 1. The zero-order chi connectivity index (χ0) is 12.1. The number of ether oxygens (including phenoxy) is 2. The number of likely N-dealkylation sites (N-methyl/N-ethyl adjacent to an activating group) is 1. The molecule has 0 saturated carbocycles. The van der Waals surface area contributed by atoms with Crippen molar-refractivity contribution < 1.29 is 9.47 Å². The fourth-order valence-electron chi connectivity index (χ4n) is 2.79. The molecular weight excluding hydrogens is 216 g/mol. The quantitative estimate of drug-likeness (QED) is 0.775. The smallest absolute Gasteiger partial charge is 0.0702 e. The maximum Gasteiger partial charge on any atom is 0.0702 e. The molecule has 2 saturated heterocycles. The Balaban J connectivity index is 1.60. The van der Waals surface area contributed by atoms with Gasteiger partial charge in [-0.15, -0.1) is 0 Å². The van der Waals surface area contributed by atoms with E-state index in [0.717, 1.165) is 52.1 Å². The van der Waals surface area contributed by atoms with Crippen molar-refractivity contribution in [3.05, 3.63) is 0 Å². The fourth-order valence-corrected chi connectivity index (χ4v) is 2.79. The van der Waals surface area contributed by atoms with Crippen LogP contribution in [0.5, 0.6) is 0 Å². The first kappa shape index (κ1) is 13.3. The van der Waals surface area contributed by atoms with Crippen LogP contribution in [0.2, 0.25) is 0 Å². The van der Waals surface area contributed by atoms with Gasteiger partial charge in [-0.25, -0.2) is 0 Å². The highest BCUT2D eigenvalue weighted by atomic mass is 16.5. The standard InChI is InChI=1S/C13H26N2O2/c1-11-13(5-9-16-11)15(2)8-10-17-12-3-6-14-7-4-12/h11-14H,3-10H2,1-2H3. The lowest BCUT2D eigenvalue weighted by Crippen LogP contribution is -2.40. The molecule has 2 unspecified atom stereocenters. The molecule has 17 heavy (non-hydrogen) atoms. The molecule has 0 aromatic heterocycles. The van der Waals surface area contributed by atoms with Crippen LogP contribution in [0, 0.1) is 0 Å². The molecule has 100 valence electrons. The first-order valence-corrected chi connectivity index (χ1v) is 6.91. The number of rotatable bonds is 5. The fraction of sp³-hybridized carbons (Fsp3) is 1.00. The summed E-state index contributed by atoms with van der Waals surface area (Å²) in [7, 11) is 2.18. The number of piperidine rings is 1. The van der Waals surface area contributed by atoms with Gasteiger partial charge in [-0.05, 0) is 46.3 Å². The monoisotopic (exact) mass is 242 g/mol. The molecular formula is C13H26N2O2. The van der Waals surface area contributed by atoms with Crippen LogP contribution in [0.4, 0.5) is 0 Å². The molecule has 1 N–H and O–H groups in total. The van der Waals surface area contributed by atoms with Crippen LogP contribution in [-0.4, -0.2) is 63.0 Å². The Kier molecular flexibility index (Phi) is 5.22. The molecule has 0 aliphatic carbocycles. The average molecular weight is 242 g/mol. The van der Waals surface area contributed by atoms with Gasteiger partial charge in [0.1, 0.15) is 0 Å².